The Balaban J connectivity index is 1.92. The number of ether oxygens (including phenoxy) is 4. The third-order valence-corrected chi connectivity index (χ3v) is 3.27. The van der Waals surface area contributed by atoms with E-state index in [1.54, 1.807) is 18.2 Å². The van der Waals surface area contributed by atoms with Crippen LogP contribution in [0.2, 0.25) is 0 Å². The van der Waals surface area contributed by atoms with Gasteiger partial charge in [-0.15, -0.1) is 0 Å². The van der Waals surface area contributed by atoms with Crippen molar-refractivity contribution in [2.24, 2.45) is 0 Å². The summed E-state index contributed by atoms with van der Waals surface area (Å²) in [6, 6.07) is 6.45. The molecule has 1 aromatic carbocycles. The summed E-state index contributed by atoms with van der Waals surface area (Å²) in [7, 11) is 4.52. The Hall–Kier alpha value is -3.16. The average molecular weight is 349 g/mol. The Kier molecular flexibility index (Phi) is 6.27. The first-order valence-electron chi connectivity index (χ1n) is 7.35. The monoisotopic (exact) mass is 349 g/mol. The van der Waals surface area contributed by atoms with Crippen LogP contribution in [0, 0.1) is 0 Å². The number of amides is 1. The molecule has 1 N–H and O–H groups in total. The highest BCUT2D eigenvalue weighted by Crippen LogP contribution is 2.38. The van der Waals surface area contributed by atoms with Gasteiger partial charge >= 0.3 is 5.97 Å². The van der Waals surface area contributed by atoms with E-state index in [1.165, 1.54) is 33.7 Å². The number of hydrogen-bond acceptors (Lipinski definition) is 7. The van der Waals surface area contributed by atoms with E-state index in [4.69, 9.17) is 23.4 Å². The molecule has 0 bridgehead atoms. The summed E-state index contributed by atoms with van der Waals surface area (Å²) >= 11 is 0. The predicted octanol–water partition coefficient (Wildman–Crippen LogP) is 1.78. The molecule has 0 saturated carbocycles. The number of carbonyl (C=O) groups is 2. The SMILES string of the molecule is COc1cc(CNC(=O)COC(=O)c2ccco2)cc(OC)c1OC. The predicted molar refractivity (Wildman–Crippen MR) is 86.9 cm³/mol. The summed E-state index contributed by atoms with van der Waals surface area (Å²) in [6.45, 7) is -0.211. The summed E-state index contributed by atoms with van der Waals surface area (Å²) in [5.74, 6) is 0.317. The molecule has 8 heteroatoms. The van der Waals surface area contributed by atoms with Gasteiger partial charge < -0.3 is 28.7 Å². The lowest BCUT2D eigenvalue weighted by atomic mass is 10.1. The van der Waals surface area contributed by atoms with Gasteiger partial charge in [-0.3, -0.25) is 4.79 Å². The Labute approximate surface area is 144 Å². The van der Waals surface area contributed by atoms with E-state index in [1.807, 2.05) is 0 Å². The maximum atomic E-state index is 11.8. The van der Waals surface area contributed by atoms with Gasteiger partial charge in [0.25, 0.3) is 5.91 Å². The highest BCUT2D eigenvalue weighted by atomic mass is 16.5. The van der Waals surface area contributed by atoms with Gasteiger partial charge in [-0.1, -0.05) is 0 Å². The van der Waals surface area contributed by atoms with Gasteiger partial charge in [-0.05, 0) is 29.8 Å². The zero-order valence-electron chi connectivity index (χ0n) is 14.2. The number of nitrogens with one attached hydrogen (secondary N) is 1. The fourth-order valence-electron chi connectivity index (χ4n) is 2.09. The van der Waals surface area contributed by atoms with Gasteiger partial charge in [0.15, 0.2) is 18.1 Å². The molecule has 0 radical (unpaired) electrons. The molecule has 0 aliphatic carbocycles. The maximum absolute atomic E-state index is 11.8. The molecule has 1 heterocycles. The Morgan fingerprint density at radius 3 is 2.28 bits per heavy atom. The molecule has 0 fully saturated rings. The lowest BCUT2D eigenvalue weighted by Crippen LogP contribution is -2.28. The van der Waals surface area contributed by atoms with Crippen LogP contribution in [0.3, 0.4) is 0 Å². The fourth-order valence-corrected chi connectivity index (χ4v) is 2.09. The number of methoxy groups -OCH3 is 3. The molecule has 0 saturated heterocycles. The van der Waals surface area contributed by atoms with Crippen molar-refractivity contribution >= 4 is 11.9 Å². The third kappa shape index (κ3) is 4.66. The molecule has 0 aliphatic rings. The summed E-state index contributed by atoms with van der Waals surface area (Å²) in [6.07, 6.45) is 1.35. The van der Waals surface area contributed by atoms with Crippen LogP contribution < -0.4 is 19.5 Å². The molecule has 134 valence electrons. The van der Waals surface area contributed by atoms with Crippen LogP contribution in [0.25, 0.3) is 0 Å². The van der Waals surface area contributed by atoms with Gasteiger partial charge in [0.2, 0.25) is 11.5 Å². The Bertz CT molecular complexity index is 700. The first-order valence-corrected chi connectivity index (χ1v) is 7.35. The van der Waals surface area contributed by atoms with E-state index in [0.717, 1.165) is 5.56 Å². The van der Waals surface area contributed by atoms with Gasteiger partial charge in [-0.25, -0.2) is 4.79 Å². The molecule has 0 unspecified atom stereocenters. The second-order valence-corrected chi connectivity index (χ2v) is 4.86. The lowest BCUT2D eigenvalue weighted by Gasteiger charge is -2.14. The van der Waals surface area contributed by atoms with Gasteiger partial charge in [0.05, 0.1) is 27.6 Å². The van der Waals surface area contributed by atoms with Crippen molar-refractivity contribution in [3.63, 3.8) is 0 Å². The van der Waals surface area contributed by atoms with Crippen molar-refractivity contribution in [2.75, 3.05) is 27.9 Å². The maximum Gasteiger partial charge on any atom is 0.374 e. The number of benzene rings is 1. The minimum Gasteiger partial charge on any atom is -0.493 e. The number of rotatable bonds is 8. The van der Waals surface area contributed by atoms with Crippen molar-refractivity contribution in [3.05, 3.63) is 41.9 Å². The molecule has 0 spiro atoms. The van der Waals surface area contributed by atoms with Crippen LogP contribution in [0.4, 0.5) is 0 Å². The second kappa shape index (κ2) is 8.62. The molecule has 2 rings (SSSR count). The number of furan rings is 1. The quantitative estimate of drug-likeness (QED) is 0.726. The van der Waals surface area contributed by atoms with Crippen molar-refractivity contribution in [3.8, 4) is 17.2 Å². The summed E-state index contributed by atoms with van der Waals surface area (Å²) in [5.41, 5.74) is 0.736. The van der Waals surface area contributed by atoms with Crippen molar-refractivity contribution in [2.45, 2.75) is 6.54 Å². The number of carbonyl (C=O) groups excluding carboxylic acids is 2. The van der Waals surface area contributed by atoms with Crippen LogP contribution in [0.15, 0.2) is 34.9 Å². The van der Waals surface area contributed by atoms with Crippen molar-refractivity contribution in [1.29, 1.82) is 0 Å². The molecular weight excluding hydrogens is 330 g/mol. The standard InChI is InChI=1S/C17H19NO7/c1-21-13-7-11(8-14(22-2)16(13)23-3)9-18-15(19)10-25-17(20)12-5-4-6-24-12/h4-8H,9-10H2,1-3H3,(H,18,19). The van der Waals surface area contributed by atoms with E-state index in [2.05, 4.69) is 5.32 Å². The molecule has 1 amide bonds. The minimum absolute atomic E-state index is 0.0393. The highest BCUT2D eigenvalue weighted by Gasteiger charge is 2.15. The highest BCUT2D eigenvalue weighted by molar-refractivity contribution is 5.88. The first-order chi connectivity index (χ1) is 12.1. The summed E-state index contributed by atoms with van der Waals surface area (Å²) in [4.78, 5) is 23.4. The van der Waals surface area contributed by atoms with Crippen LogP contribution in [0.5, 0.6) is 17.2 Å². The van der Waals surface area contributed by atoms with Crippen LogP contribution in [0.1, 0.15) is 16.1 Å². The van der Waals surface area contributed by atoms with Crippen molar-refractivity contribution < 1.29 is 33.0 Å². The van der Waals surface area contributed by atoms with E-state index >= 15 is 0 Å². The minimum atomic E-state index is -0.701. The van der Waals surface area contributed by atoms with Gasteiger partial charge in [0, 0.05) is 6.54 Å². The zero-order chi connectivity index (χ0) is 18.2. The Morgan fingerprint density at radius 1 is 1.08 bits per heavy atom. The first kappa shape index (κ1) is 18.2. The van der Waals surface area contributed by atoms with E-state index in [-0.39, 0.29) is 12.3 Å². The van der Waals surface area contributed by atoms with Gasteiger partial charge in [0.1, 0.15) is 0 Å². The fraction of sp³-hybridized carbons (Fsp3) is 0.294. The van der Waals surface area contributed by atoms with Gasteiger partial charge in [-0.2, -0.15) is 0 Å². The number of esters is 1. The van der Waals surface area contributed by atoms with Crippen LogP contribution in [-0.2, 0) is 16.1 Å². The molecule has 8 nitrogen and oxygen atoms in total. The topological polar surface area (TPSA) is 96.2 Å². The second-order valence-electron chi connectivity index (χ2n) is 4.86. The smallest absolute Gasteiger partial charge is 0.374 e. The zero-order valence-corrected chi connectivity index (χ0v) is 14.2. The van der Waals surface area contributed by atoms with Crippen molar-refractivity contribution in [1.82, 2.24) is 5.32 Å². The third-order valence-electron chi connectivity index (χ3n) is 3.27. The summed E-state index contributed by atoms with van der Waals surface area (Å²) in [5, 5.41) is 2.64. The van der Waals surface area contributed by atoms with Crippen LogP contribution in [-0.4, -0.2) is 39.8 Å². The molecule has 2 aromatic rings. The van der Waals surface area contributed by atoms with Crippen LogP contribution >= 0.6 is 0 Å². The summed E-state index contributed by atoms with van der Waals surface area (Å²) < 4.78 is 25.5. The largest absolute Gasteiger partial charge is 0.493 e. The van der Waals surface area contributed by atoms with E-state index < -0.39 is 18.5 Å². The molecule has 0 aliphatic heterocycles. The molecule has 0 atom stereocenters. The average Bonchev–Trinajstić information content (AvgIpc) is 3.18. The molecule has 25 heavy (non-hydrogen) atoms. The molecular formula is C17H19NO7. The number of hydrogen-bond donors (Lipinski definition) is 1. The van der Waals surface area contributed by atoms with E-state index in [0.29, 0.717) is 17.2 Å². The lowest BCUT2D eigenvalue weighted by molar-refractivity contribution is -0.124. The molecule has 1 aromatic heterocycles. The van der Waals surface area contributed by atoms with E-state index in [9.17, 15) is 9.59 Å². The Morgan fingerprint density at radius 2 is 1.76 bits per heavy atom. The normalized spacial score (nSPS) is 10.0.